The molecule has 112 valence electrons. The number of primary sulfonamides is 1. The van der Waals surface area contributed by atoms with Crippen LogP contribution >= 0.6 is 0 Å². The number of halogens is 3. The number of nitrogens with two attached hydrogens (primary N) is 1. The van der Waals surface area contributed by atoms with Crippen molar-refractivity contribution in [3.63, 3.8) is 0 Å². The van der Waals surface area contributed by atoms with E-state index in [0.717, 1.165) is 12.3 Å². The van der Waals surface area contributed by atoms with Gasteiger partial charge < -0.3 is 4.90 Å². The first-order valence-electron chi connectivity index (χ1n) is 5.85. The topological polar surface area (TPSA) is 89.2 Å². The second-order valence-electron chi connectivity index (χ2n) is 4.54. The van der Waals surface area contributed by atoms with E-state index >= 15 is 0 Å². The molecule has 1 unspecified atom stereocenters. The Labute approximate surface area is 113 Å². The van der Waals surface area contributed by atoms with Crippen molar-refractivity contribution in [2.45, 2.75) is 24.3 Å². The van der Waals surface area contributed by atoms with Gasteiger partial charge in [0.2, 0.25) is 16.0 Å². The standard InChI is InChI=1S/C10H13F3N4O2S/c11-10(12,13)8-3-4-15-9(16-8)17-5-1-2-7(6-17)20(14,18)19/h3-4,7H,1-2,5-6H2,(H2,14,18,19). The van der Waals surface area contributed by atoms with Gasteiger partial charge in [-0.2, -0.15) is 13.2 Å². The summed E-state index contributed by atoms with van der Waals surface area (Å²) in [5.74, 6) is -0.131. The number of anilines is 1. The molecule has 1 aromatic heterocycles. The summed E-state index contributed by atoms with van der Waals surface area (Å²) in [6.45, 7) is 0.396. The summed E-state index contributed by atoms with van der Waals surface area (Å²) in [6, 6.07) is 0.768. The number of hydrogen-bond donors (Lipinski definition) is 1. The summed E-state index contributed by atoms with van der Waals surface area (Å²) in [7, 11) is -3.72. The average Bonchev–Trinajstić information content (AvgIpc) is 2.37. The lowest BCUT2D eigenvalue weighted by molar-refractivity contribution is -0.141. The van der Waals surface area contributed by atoms with Crippen LogP contribution in [0.15, 0.2) is 12.3 Å². The third kappa shape index (κ3) is 3.37. The van der Waals surface area contributed by atoms with Crippen LogP contribution in [-0.4, -0.2) is 36.7 Å². The Balaban J connectivity index is 2.24. The van der Waals surface area contributed by atoms with Crippen molar-refractivity contribution in [3.8, 4) is 0 Å². The molecule has 0 spiro atoms. The van der Waals surface area contributed by atoms with Gasteiger partial charge in [0.25, 0.3) is 0 Å². The first kappa shape index (κ1) is 15.0. The van der Waals surface area contributed by atoms with Crippen LogP contribution in [0.2, 0.25) is 0 Å². The Bertz CT molecular complexity index is 590. The minimum atomic E-state index is -4.56. The minimum Gasteiger partial charge on any atom is -0.339 e. The molecule has 2 N–H and O–H groups in total. The molecule has 2 rings (SSSR count). The summed E-state index contributed by atoms with van der Waals surface area (Å²) in [5.41, 5.74) is -1.06. The molecule has 10 heteroatoms. The molecule has 20 heavy (non-hydrogen) atoms. The summed E-state index contributed by atoms with van der Waals surface area (Å²) in [4.78, 5) is 8.62. The summed E-state index contributed by atoms with van der Waals surface area (Å²) in [6.07, 6.45) is -2.67. The quantitative estimate of drug-likeness (QED) is 0.871. The highest BCUT2D eigenvalue weighted by Crippen LogP contribution is 2.28. The highest BCUT2D eigenvalue weighted by Gasteiger charge is 2.34. The third-order valence-electron chi connectivity index (χ3n) is 3.06. The van der Waals surface area contributed by atoms with Gasteiger partial charge in [-0.1, -0.05) is 0 Å². The summed E-state index contributed by atoms with van der Waals surface area (Å²) < 4.78 is 60.4. The lowest BCUT2D eigenvalue weighted by atomic mass is 10.1. The van der Waals surface area contributed by atoms with Crippen LogP contribution in [0.25, 0.3) is 0 Å². The van der Waals surface area contributed by atoms with Crippen LogP contribution in [0.5, 0.6) is 0 Å². The number of rotatable bonds is 2. The normalized spacial score (nSPS) is 21.0. The van der Waals surface area contributed by atoms with Crippen molar-refractivity contribution in [3.05, 3.63) is 18.0 Å². The number of nitrogens with zero attached hydrogens (tertiary/aromatic N) is 3. The first-order chi connectivity index (χ1) is 9.18. The Morgan fingerprint density at radius 1 is 1.40 bits per heavy atom. The Hall–Kier alpha value is -1.42. The van der Waals surface area contributed by atoms with Gasteiger partial charge in [0.15, 0.2) is 0 Å². The maximum absolute atomic E-state index is 12.6. The van der Waals surface area contributed by atoms with E-state index < -0.39 is 27.1 Å². The van der Waals surface area contributed by atoms with Crippen LogP contribution < -0.4 is 10.0 Å². The van der Waals surface area contributed by atoms with Crippen LogP contribution in [0.4, 0.5) is 19.1 Å². The number of alkyl halides is 3. The number of hydrogen-bond acceptors (Lipinski definition) is 5. The highest BCUT2D eigenvalue weighted by molar-refractivity contribution is 7.89. The zero-order chi connectivity index (χ0) is 15.0. The largest absolute Gasteiger partial charge is 0.433 e. The minimum absolute atomic E-state index is 0.000143. The Morgan fingerprint density at radius 3 is 2.70 bits per heavy atom. The molecule has 0 aliphatic carbocycles. The van der Waals surface area contributed by atoms with Crippen LogP contribution in [0.1, 0.15) is 18.5 Å². The third-order valence-corrected chi connectivity index (χ3v) is 4.37. The van der Waals surface area contributed by atoms with E-state index in [1.165, 1.54) is 4.90 Å². The Morgan fingerprint density at radius 2 is 2.10 bits per heavy atom. The predicted molar refractivity (Wildman–Crippen MR) is 65.4 cm³/mol. The van der Waals surface area contributed by atoms with Crippen molar-refractivity contribution >= 4 is 16.0 Å². The van der Waals surface area contributed by atoms with Gasteiger partial charge in [-0.3, -0.25) is 0 Å². The molecule has 0 saturated carbocycles. The first-order valence-corrected chi connectivity index (χ1v) is 7.45. The fourth-order valence-electron chi connectivity index (χ4n) is 2.05. The fraction of sp³-hybridized carbons (Fsp3) is 0.600. The zero-order valence-electron chi connectivity index (χ0n) is 10.3. The number of sulfonamides is 1. The van der Waals surface area contributed by atoms with Gasteiger partial charge in [0, 0.05) is 19.3 Å². The van der Waals surface area contributed by atoms with Gasteiger partial charge in [0.05, 0.1) is 5.25 Å². The van der Waals surface area contributed by atoms with Crippen molar-refractivity contribution in [1.29, 1.82) is 0 Å². The van der Waals surface area contributed by atoms with E-state index in [1.54, 1.807) is 0 Å². The zero-order valence-corrected chi connectivity index (χ0v) is 11.2. The van der Waals surface area contributed by atoms with Gasteiger partial charge in [-0.05, 0) is 18.9 Å². The molecular weight excluding hydrogens is 297 g/mol. The van der Waals surface area contributed by atoms with Crippen molar-refractivity contribution in [2.75, 3.05) is 18.0 Å². The molecule has 1 aromatic rings. The molecule has 1 atom stereocenters. The number of piperidine rings is 1. The predicted octanol–water partition coefficient (Wildman–Crippen LogP) is 0.753. The molecule has 2 heterocycles. The lowest BCUT2D eigenvalue weighted by Gasteiger charge is -2.31. The molecule has 1 saturated heterocycles. The van der Waals surface area contributed by atoms with Crippen LogP contribution in [0, 0.1) is 0 Å². The fourth-order valence-corrected chi connectivity index (χ4v) is 2.93. The molecule has 1 fully saturated rings. The molecule has 0 radical (unpaired) electrons. The van der Waals surface area contributed by atoms with Crippen molar-refractivity contribution < 1.29 is 21.6 Å². The Kier molecular flexibility index (Phi) is 3.87. The molecule has 0 aromatic carbocycles. The summed E-state index contributed by atoms with van der Waals surface area (Å²) in [5, 5.41) is 4.26. The molecule has 1 aliphatic rings. The van der Waals surface area contributed by atoms with E-state index in [1.807, 2.05) is 0 Å². The highest BCUT2D eigenvalue weighted by atomic mass is 32.2. The van der Waals surface area contributed by atoms with Crippen molar-refractivity contribution in [2.24, 2.45) is 5.14 Å². The van der Waals surface area contributed by atoms with E-state index in [4.69, 9.17) is 5.14 Å². The van der Waals surface area contributed by atoms with E-state index in [-0.39, 0.29) is 12.5 Å². The van der Waals surface area contributed by atoms with Gasteiger partial charge >= 0.3 is 6.18 Å². The second-order valence-corrected chi connectivity index (χ2v) is 6.38. The average molecular weight is 310 g/mol. The van der Waals surface area contributed by atoms with E-state index in [2.05, 4.69) is 9.97 Å². The number of aromatic nitrogens is 2. The lowest BCUT2D eigenvalue weighted by Crippen LogP contribution is -2.45. The molecule has 6 nitrogen and oxygen atoms in total. The SMILES string of the molecule is NS(=O)(=O)C1CCCN(c2nccc(C(F)(F)F)n2)C1. The molecule has 0 amide bonds. The maximum atomic E-state index is 12.6. The van der Waals surface area contributed by atoms with Crippen molar-refractivity contribution in [1.82, 2.24) is 9.97 Å². The molecule has 0 bridgehead atoms. The maximum Gasteiger partial charge on any atom is 0.433 e. The smallest absolute Gasteiger partial charge is 0.339 e. The van der Waals surface area contributed by atoms with E-state index in [9.17, 15) is 21.6 Å². The van der Waals surface area contributed by atoms with Crippen LogP contribution in [-0.2, 0) is 16.2 Å². The van der Waals surface area contributed by atoms with Gasteiger partial charge in [-0.25, -0.2) is 23.5 Å². The summed E-state index contributed by atoms with van der Waals surface area (Å²) >= 11 is 0. The van der Waals surface area contributed by atoms with Crippen LogP contribution in [0.3, 0.4) is 0 Å². The molecule has 1 aliphatic heterocycles. The molecular formula is C10H13F3N4O2S. The van der Waals surface area contributed by atoms with E-state index in [0.29, 0.717) is 19.4 Å². The second kappa shape index (κ2) is 5.17. The van der Waals surface area contributed by atoms with Gasteiger partial charge in [-0.15, -0.1) is 0 Å². The van der Waals surface area contributed by atoms with Gasteiger partial charge in [0.1, 0.15) is 5.69 Å². The monoisotopic (exact) mass is 310 g/mol.